The van der Waals surface area contributed by atoms with Crippen molar-refractivity contribution in [3.63, 3.8) is 0 Å². The van der Waals surface area contributed by atoms with Gasteiger partial charge in [-0.25, -0.2) is 0 Å². The van der Waals surface area contributed by atoms with Gasteiger partial charge in [-0.15, -0.1) is 6.58 Å². The van der Waals surface area contributed by atoms with Gasteiger partial charge in [0.2, 0.25) is 0 Å². The van der Waals surface area contributed by atoms with E-state index in [1.54, 1.807) is 12.5 Å². The summed E-state index contributed by atoms with van der Waals surface area (Å²) in [6.45, 7) is 18.4. The zero-order chi connectivity index (χ0) is 25.9. The van der Waals surface area contributed by atoms with E-state index in [9.17, 15) is 9.59 Å². The van der Waals surface area contributed by atoms with E-state index in [0.717, 1.165) is 32.1 Å². The zero-order valence-electron chi connectivity index (χ0n) is 23.1. The van der Waals surface area contributed by atoms with Gasteiger partial charge in [-0.05, 0) is 91.9 Å². The molecule has 0 amide bonds. The summed E-state index contributed by atoms with van der Waals surface area (Å²) < 4.78 is 0. The van der Waals surface area contributed by atoms with Crippen molar-refractivity contribution in [2.75, 3.05) is 0 Å². The molecule has 1 aromatic rings. The highest BCUT2D eigenvalue weighted by Gasteiger charge is 2.60. The molecule has 1 aromatic carbocycles. The summed E-state index contributed by atoms with van der Waals surface area (Å²) in [5.74, 6) is 2.33. The van der Waals surface area contributed by atoms with E-state index in [1.807, 2.05) is 33.8 Å². The van der Waals surface area contributed by atoms with Crippen molar-refractivity contribution >= 4 is 11.6 Å². The van der Waals surface area contributed by atoms with Gasteiger partial charge in [-0.1, -0.05) is 76.1 Å². The Bertz CT molecular complexity index is 1010. The maximum atomic E-state index is 12.9. The zero-order valence-corrected chi connectivity index (χ0v) is 23.1. The summed E-state index contributed by atoms with van der Waals surface area (Å²) in [6, 6.07) is 9.03. The molecule has 4 aliphatic carbocycles. The molecule has 0 N–H and O–H groups in total. The number of ketones is 2. The second-order valence-electron chi connectivity index (χ2n) is 10.7. The number of aryl methyl sites for hydroxylation is 1. The molecule has 35 heavy (non-hydrogen) atoms. The Balaban J connectivity index is 0.000000815. The summed E-state index contributed by atoms with van der Waals surface area (Å²) in [6.07, 6.45) is 9.72. The predicted molar refractivity (Wildman–Crippen MR) is 147 cm³/mol. The van der Waals surface area contributed by atoms with Gasteiger partial charge in [0.1, 0.15) is 5.78 Å². The maximum Gasteiger partial charge on any atom is 0.156 e. The van der Waals surface area contributed by atoms with Crippen LogP contribution in [0.3, 0.4) is 0 Å². The van der Waals surface area contributed by atoms with Crippen LogP contribution in [0.15, 0.2) is 59.7 Å². The minimum Gasteiger partial charge on any atom is -0.300 e. The number of allylic oxidation sites excluding steroid dienone is 5. The molecule has 2 saturated carbocycles. The second kappa shape index (κ2) is 11.2. The Labute approximate surface area is 214 Å². The molecule has 4 unspecified atom stereocenters. The average molecular weight is 475 g/mol. The van der Waals surface area contributed by atoms with Crippen molar-refractivity contribution in [3.8, 4) is 0 Å². The normalized spacial score (nSPS) is 33.1. The lowest BCUT2D eigenvalue weighted by Crippen LogP contribution is -2.45. The largest absolute Gasteiger partial charge is 0.300 e. The molecule has 2 nitrogen and oxygen atoms in total. The van der Waals surface area contributed by atoms with Gasteiger partial charge in [0.05, 0.1) is 0 Å². The highest BCUT2D eigenvalue weighted by Crippen LogP contribution is 2.67. The summed E-state index contributed by atoms with van der Waals surface area (Å²) in [5.41, 5.74) is 7.03. The molecule has 0 spiro atoms. The highest BCUT2D eigenvalue weighted by atomic mass is 16.1. The Kier molecular flexibility index (Phi) is 8.78. The quantitative estimate of drug-likeness (QED) is 0.411. The van der Waals surface area contributed by atoms with E-state index in [1.165, 1.54) is 22.3 Å². The summed E-state index contributed by atoms with van der Waals surface area (Å²) in [5, 5.41) is 0. The van der Waals surface area contributed by atoms with E-state index in [0.29, 0.717) is 30.0 Å². The molecule has 2 fully saturated rings. The van der Waals surface area contributed by atoms with Crippen LogP contribution in [0.25, 0.3) is 0 Å². The molecule has 6 atom stereocenters. The Morgan fingerprint density at radius 3 is 2.31 bits per heavy atom. The van der Waals surface area contributed by atoms with Crippen LogP contribution in [-0.4, -0.2) is 11.6 Å². The third-order valence-electron chi connectivity index (χ3n) is 9.05. The van der Waals surface area contributed by atoms with Gasteiger partial charge in [-0.3, -0.25) is 9.59 Å². The molecule has 4 aliphatic rings. The molecular weight excluding hydrogens is 428 g/mol. The lowest BCUT2D eigenvalue weighted by Gasteiger charge is -2.52. The monoisotopic (exact) mass is 474 g/mol. The van der Waals surface area contributed by atoms with E-state index in [-0.39, 0.29) is 23.0 Å². The number of carbonyl (C=O) groups excluding carboxylic acids is 2. The molecular formula is C33H46O2. The number of Topliss-reactive ketones (excluding diaryl/α,β-unsaturated/α-hetero) is 1. The van der Waals surface area contributed by atoms with E-state index in [4.69, 9.17) is 0 Å². The standard InChI is InChI=1S/C29H34O2.2C2H6/c1-5-19-15-26-24-12-10-21-14-22(31)11-13-23(21)27(24)25(20-8-6-17(2)7-9-20)16-29(26,4)28(19)18(3)30;2*1-2/h5-9,14,19,24-26,28H,1,10-13,15-16H2,2-4H3;2*1-2H3/t19-,24?,25-,26?,28?,29?;;/m1../s1. The van der Waals surface area contributed by atoms with Crippen LogP contribution < -0.4 is 0 Å². The lowest BCUT2D eigenvalue weighted by atomic mass is 9.51. The molecule has 0 saturated heterocycles. The topological polar surface area (TPSA) is 34.1 Å². The summed E-state index contributed by atoms with van der Waals surface area (Å²) in [7, 11) is 0. The average Bonchev–Trinajstić information content (AvgIpc) is 3.18. The van der Waals surface area contributed by atoms with Crippen LogP contribution in [0.4, 0.5) is 0 Å². The summed E-state index contributed by atoms with van der Waals surface area (Å²) in [4.78, 5) is 25.0. The van der Waals surface area contributed by atoms with Crippen molar-refractivity contribution in [2.45, 2.75) is 92.9 Å². The van der Waals surface area contributed by atoms with E-state index in [2.05, 4.69) is 50.8 Å². The fourth-order valence-corrected chi connectivity index (χ4v) is 7.86. The van der Waals surface area contributed by atoms with Gasteiger partial charge in [0.25, 0.3) is 0 Å². The van der Waals surface area contributed by atoms with E-state index < -0.39 is 0 Å². The number of rotatable bonds is 3. The second-order valence-corrected chi connectivity index (χ2v) is 10.7. The van der Waals surface area contributed by atoms with Crippen LogP contribution in [0.2, 0.25) is 0 Å². The van der Waals surface area contributed by atoms with Crippen molar-refractivity contribution < 1.29 is 9.59 Å². The van der Waals surface area contributed by atoms with Crippen molar-refractivity contribution in [1.82, 2.24) is 0 Å². The smallest absolute Gasteiger partial charge is 0.156 e. The first kappa shape index (κ1) is 27.4. The van der Waals surface area contributed by atoms with Crippen LogP contribution >= 0.6 is 0 Å². The third kappa shape index (κ3) is 4.78. The van der Waals surface area contributed by atoms with Crippen LogP contribution in [0.5, 0.6) is 0 Å². The minimum absolute atomic E-state index is 0.000668. The Morgan fingerprint density at radius 1 is 1.06 bits per heavy atom. The van der Waals surface area contributed by atoms with Crippen molar-refractivity contribution in [2.24, 2.45) is 29.1 Å². The Hall–Kier alpha value is -2.22. The third-order valence-corrected chi connectivity index (χ3v) is 9.05. The fraction of sp³-hybridized carbons (Fsp3) is 0.576. The molecule has 0 radical (unpaired) electrons. The maximum absolute atomic E-state index is 12.9. The SMILES string of the molecule is C=C[C@@H]1CC2C3CCC4=CC(=O)CCC4=C3[C@@H](c3ccc(C)cc3)CC2(C)C1C(C)=O.CC.CC. The number of carbonyl (C=O) groups is 2. The number of hydrogen-bond donors (Lipinski definition) is 0. The molecule has 190 valence electrons. The Morgan fingerprint density at radius 2 is 1.71 bits per heavy atom. The molecule has 5 rings (SSSR count). The van der Waals surface area contributed by atoms with Crippen LogP contribution in [0.1, 0.15) is 97.1 Å². The fourth-order valence-electron chi connectivity index (χ4n) is 7.86. The predicted octanol–water partition coefficient (Wildman–Crippen LogP) is 8.56. The van der Waals surface area contributed by atoms with Gasteiger partial charge in [-0.2, -0.15) is 0 Å². The van der Waals surface area contributed by atoms with Crippen molar-refractivity contribution in [1.29, 1.82) is 0 Å². The van der Waals surface area contributed by atoms with Crippen LogP contribution in [-0.2, 0) is 9.59 Å². The van der Waals surface area contributed by atoms with Crippen LogP contribution in [0, 0.1) is 36.0 Å². The first-order chi connectivity index (χ1) is 16.8. The highest BCUT2D eigenvalue weighted by molar-refractivity contribution is 5.93. The molecule has 0 heterocycles. The number of benzene rings is 1. The first-order valence-electron chi connectivity index (χ1n) is 14.0. The molecule has 0 bridgehead atoms. The van der Waals surface area contributed by atoms with Gasteiger partial charge < -0.3 is 0 Å². The summed E-state index contributed by atoms with van der Waals surface area (Å²) >= 11 is 0. The van der Waals surface area contributed by atoms with Crippen molar-refractivity contribution in [3.05, 3.63) is 70.8 Å². The molecule has 0 aliphatic heterocycles. The van der Waals surface area contributed by atoms with Gasteiger partial charge in [0.15, 0.2) is 5.78 Å². The van der Waals surface area contributed by atoms with Gasteiger partial charge >= 0.3 is 0 Å². The minimum atomic E-state index is 0.000668. The van der Waals surface area contributed by atoms with E-state index >= 15 is 0 Å². The first-order valence-corrected chi connectivity index (χ1v) is 14.0. The number of hydrogen-bond acceptors (Lipinski definition) is 2. The molecule has 0 aromatic heterocycles. The lowest BCUT2D eigenvalue weighted by molar-refractivity contribution is -0.126. The van der Waals surface area contributed by atoms with Gasteiger partial charge in [0, 0.05) is 18.3 Å². The molecule has 2 heteroatoms. The number of fused-ring (bicyclic) bond motifs is 4.